The maximum absolute atomic E-state index is 13.1. The SMILES string of the molecule is CN(C(=O)c1ccc(C2CCCCC2)cc1)c1ccc(N2CCC(N3CCCCC3)C2=O)cc1. The molecular weight excluding hydrogens is 422 g/mol. The number of nitrogens with zero attached hydrogens (tertiary/aromatic N) is 3. The van der Waals surface area contributed by atoms with E-state index in [1.807, 2.05) is 48.3 Å². The molecule has 3 aliphatic rings. The molecule has 1 saturated carbocycles. The van der Waals surface area contributed by atoms with Gasteiger partial charge in [0.2, 0.25) is 5.91 Å². The minimum atomic E-state index is -0.00893. The third-order valence-corrected chi connectivity index (χ3v) is 8.10. The molecule has 2 saturated heterocycles. The zero-order valence-electron chi connectivity index (χ0n) is 20.4. The van der Waals surface area contributed by atoms with Crippen LogP contribution in [-0.2, 0) is 4.79 Å². The lowest BCUT2D eigenvalue weighted by Gasteiger charge is -2.31. The van der Waals surface area contributed by atoms with Crippen LogP contribution < -0.4 is 9.80 Å². The molecule has 34 heavy (non-hydrogen) atoms. The molecule has 1 unspecified atom stereocenters. The van der Waals surface area contributed by atoms with Crippen LogP contribution in [0.2, 0.25) is 0 Å². The van der Waals surface area contributed by atoms with Crippen molar-refractivity contribution in [1.82, 2.24) is 4.90 Å². The van der Waals surface area contributed by atoms with Crippen molar-refractivity contribution in [3.05, 3.63) is 59.7 Å². The van der Waals surface area contributed by atoms with E-state index in [0.29, 0.717) is 11.5 Å². The number of hydrogen-bond acceptors (Lipinski definition) is 3. The monoisotopic (exact) mass is 459 g/mol. The third kappa shape index (κ3) is 4.76. The molecule has 2 aromatic rings. The summed E-state index contributed by atoms with van der Waals surface area (Å²) in [6.45, 7) is 2.84. The van der Waals surface area contributed by atoms with Crippen LogP contribution >= 0.6 is 0 Å². The summed E-state index contributed by atoms with van der Waals surface area (Å²) in [5.41, 5.74) is 3.84. The van der Waals surface area contributed by atoms with Crippen molar-refractivity contribution in [1.29, 1.82) is 0 Å². The quantitative estimate of drug-likeness (QED) is 0.584. The molecule has 3 fully saturated rings. The average molecular weight is 460 g/mol. The summed E-state index contributed by atoms with van der Waals surface area (Å²) in [5, 5.41) is 0. The summed E-state index contributed by atoms with van der Waals surface area (Å²) >= 11 is 0. The normalized spacial score (nSPS) is 22.2. The number of likely N-dealkylation sites (tertiary alicyclic amines) is 1. The van der Waals surface area contributed by atoms with Crippen molar-refractivity contribution in [3.8, 4) is 0 Å². The summed E-state index contributed by atoms with van der Waals surface area (Å²) in [6, 6.07) is 16.1. The van der Waals surface area contributed by atoms with Gasteiger partial charge in [0.25, 0.3) is 5.91 Å². The molecule has 5 nitrogen and oxygen atoms in total. The Morgan fingerprint density at radius 1 is 0.794 bits per heavy atom. The molecule has 2 aromatic carbocycles. The van der Waals surface area contributed by atoms with E-state index in [4.69, 9.17) is 0 Å². The van der Waals surface area contributed by atoms with E-state index in [-0.39, 0.29) is 17.9 Å². The Labute approximate surface area is 203 Å². The van der Waals surface area contributed by atoms with Gasteiger partial charge in [0.1, 0.15) is 0 Å². The second-order valence-electron chi connectivity index (χ2n) is 10.2. The van der Waals surface area contributed by atoms with Gasteiger partial charge < -0.3 is 9.80 Å². The topological polar surface area (TPSA) is 43.9 Å². The fourth-order valence-electron chi connectivity index (χ4n) is 5.99. The zero-order chi connectivity index (χ0) is 23.5. The molecule has 1 aliphatic carbocycles. The Hall–Kier alpha value is -2.66. The maximum atomic E-state index is 13.1. The van der Waals surface area contributed by atoms with E-state index < -0.39 is 0 Å². The van der Waals surface area contributed by atoms with Crippen LogP contribution in [0.15, 0.2) is 48.5 Å². The fourth-order valence-corrected chi connectivity index (χ4v) is 5.99. The number of carbonyl (C=O) groups excluding carboxylic acids is 2. The molecule has 0 radical (unpaired) electrons. The maximum Gasteiger partial charge on any atom is 0.258 e. The molecule has 2 heterocycles. The second kappa shape index (κ2) is 10.3. The lowest BCUT2D eigenvalue weighted by atomic mass is 9.84. The van der Waals surface area contributed by atoms with Crippen molar-refractivity contribution in [2.24, 2.45) is 0 Å². The van der Waals surface area contributed by atoms with Crippen LogP contribution in [-0.4, -0.2) is 49.4 Å². The van der Waals surface area contributed by atoms with E-state index in [0.717, 1.165) is 37.4 Å². The summed E-state index contributed by atoms with van der Waals surface area (Å²) in [6.07, 6.45) is 11.1. The number of hydrogen-bond donors (Lipinski definition) is 0. The highest BCUT2D eigenvalue weighted by Gasteiger charge is 2.36. The smallest absolute Gasteiger partial charge is 0.258 e. The number of anilines is 2. The Balaban J connectivity index is 1.22. The highest BCUT2D eigenvalue weighted by molar-refractivity contribution is 6.06. The molecule has 2 amide bonds. The fraction of sp³-hybridized carbons (Fsp3) is 0.517. The molecule has 0 aromatic heterocycles. The molecule has 2 aliphatic heterocycles. The van der Waals surface area contributed by atoms with Gasteiger partial charge in [-0.05, 0) is 93.1 Å². The second-order valence-corrected chi connectivity index (χ2v) is 10.2. The minimum absolute atomic E-state index is 0.00893. The van der Waals surface area contributed by atoms with E-state index >= 15 is 0 Å². The number of amides is 2. The summed E-state index contributed by atoms with van der Waals surface area (Å²) in [7, 11) is 1.82. The molecule has 0 bridgehead atoms. The Morgan fingerprint density at radius 2 is 1.44 bits per heavy atom. The largest absolute Gasteiger partial charge is 0.311 e. The van der Waals surface area contributed by atoms with Crippen LogP contribution in [0.3, 0.4) is 0 Å². The molecule has 5 heteroatoms. The first-order chi connectivity index (χ1) is 16.6. The first kappa shape index (κ1) is 23.1. The van der Waals surface area contributed by atoms with Gasteiger partial charge in [0.15, 0.2) is 0 Å². The van der Waals surface area contributed by atoms with Gasteiger partial charge in [-0.1, -0.05) is 37.8 Å². The van der Waals surface area contributed by atoms with Gasteiger partial charge in [0, 0.05) is 30.5 Å². The lowest BCUT2D eigenvalue weighted by Crippen LogP contribution is -2.44. The lowest BCUT2D eigenvalue weighted by molar-refractivity contribution is -0.122. The molecule has 5 rings (SSSR count). The Morgan fingerprint density at radius 3 is 2.12 bits per heavy atom. The van der Waals surface area contributed by atoms with Crippen LogP contribution in [0.25, 0.3) is 0 Å². The molecule has 1 atom stereocenters. The number of piperidine rings is 1. The van der Waals surface area contributed by atoms with Crippen LogP contribution in [0.5, 0.6) is 0 Å². The van der Waals surface area contributed by atoms with E-state index in [1.165, 1.54) is 56.9 Å². The highest BCUT2D eigenvalue weighted by Crippen LogP contribution is 2.33. The summed E-state index contributed by atoms with van der Waals surface area (Å²) < 4.78 is 0. The van der Waals surface area contributed by atoms with Crippen molar-refractivity contribution in [2.45, 2.75) is 69.7 Å². The average Bonchev–Trinajstić information content (AvgIpc) is 3.30. The van der Waals surface area contributed by atoms with Crippen molar-refractivity contribution in [3.63, 3.8) is 0 Å². The van der Waals surface area contributed by atoms with Crippen LogP contribution in [0.4, 0.5) is 11.4 Å². The number of benzene rings is 2. The van der Waals surface area contributed by atoms with E-state index in [9.17, 15) is 9.59 Å². The van der Waals surface area contributed by atoms with Gasteiger partial charge in [-0.2, -0.15) is 0 Å². The molecule has 180 valence electrons. The first-order valence-electron chi connectivity index (χ1n) is 13.2. The molecule has 0 N–H and O–H groups in total. The summed E-state index contributed by atoms with van der Waals surface area (Å²) in [4.78, 5) is 32.2. The van der Waals surface area contributed by atoms with Gasteiger partial charge in [-0.15, -0.1) is 0 Å². The molecule has 0 spiro atoms. The Bertz CT molecular complexity index is 989. The highest BCUT2D eigenvalue weighted by atomic mass is 16.2. The Kier molecular flexibility index (Phi) is 7.00. The van der Waals surface area contributed by atoms with Gasteiger partial charge in [-0.25, -0.2) is 0 Å². The predicted octanol–water partition coefficient (Wildman–Crippen LogP) is 5.60. The summed E-state index contributed by atoms with van der Waals surface area (Å²) in [5.74, 6) is 0.855. The van der Waals surface area contributed by atoms with E-state index in [2.05, 4.69) is 17.0 Å². The van der Waals surface area contributed by atoms with Crippen molar-refractivity contribution < 1.29 is 9.59 Å². The van der Waals surface area contributed by atoms with Gasteiger partial charge in [0.05, 0.1) is 6.04 Å². The minimum Gasteiger partial charge on any atom is -0.311 e. The van der Waals surface area contributed by atoms with Crippen LogP contribution in [0, 0.1) is 0 Å². The van der Waals surface area contributed by atoms with E-state index in [1.54, 1.807) is 4.90 Å². The molecular formula is C29H37N3O2. The third-order valence-electron chi connectivity index (χ3n) is 8.10. The predicted molar refractivity (Wildman–Crippen MR) is 138 cm³/mol. The van der Waals surface area contributed by atoms with Gasteiger partial charge in [-0.3, -0.25) is 14.5 Å². The first-order valence-corrected chi connectivity index (χ1v) is 13.2. The van der Waals surface area contributed by atoms with Crippen molar-refractivity contribution in [2.75, 3.05) is 36.5 Å². The van der Waals surface area contributed by atoms with Crippen molar-refractivity contribution >= 4 is 23.2 Å². The van der Waals surface area contributed by atoms with Gasteiger partial charge >= 0.3 is 0 Å². The number of carbonyl (C=O) groups is 2. The van der Waals surface area contributed by atoms with Crippen LogP contribution in [0.1, 0.15) is 79.6 Å². The zero-order valence-corrected chi connectivity index (χ0v) is 20.4. The number of rotatable bonds is 5. The standard InChI is InChI=1S/C29H37N3O2/c1-30(28(33)24-12-10-23(11-13-24)22-8-4-2-5-9-22)25-14-16-26(17-15-25)32-21-18-27(29(32)34)31-19-6-3-7-20-31/h10-17,22,27H,2-9,18-21H2,1H3.